The molecule has 0 amide bonds. The summed E-state index contributed by atoms with van der Waals surface area (Å²) in [5.74, 6) is 1.56. The van der Waals surface area contributed by atoms with Crippen LogP contribution >= 0.6 is 22.6 Å². The molecular weight excluding hydrogens is 1540 g/mol. The summed E-state index contributed by atoms with van der Waals surface area (Å²) in [5, 5.41) is 10.4. The predicted octanol–water partition coefficient (Wildman–Crippen LogP) is 17.6. The number of rotatable bonds is 43. The molecule has 0 aliphatic carbocycles. The zero-order valence-corrected chi connectivity index (χ0v) is 68.5. The van der Waals surface area contributed by atoms with E-state index >= 15 is 0 Å². The number of carbonyl (C=O) groups is 2. The summed E-state index contributed by atoms with van der Waals surface area (Å²) in [6.07, 6.45) is 51.9. The quantitative estimate of drug-likeness (QED) is 0.0116. The molecule has 10 rings (SSSR count). The van der Waals surface area contributed by atoms with Crippen molar-refractivity contribution in [2.24, 2.45) is 0 Å². The van der Waals surface area contributed by atoms with Crippen LogP contribution in [0.2, 0.25) is 0 Å². The number of aromatic nitrogens is 6. The number of carbonyl (C=O) groups excluding carboxylic acids is 2. The number of hydrogen-bond acceptors (Lipinski definition) is 13. The molecule has 0 unspecified atom stereocenters. The fourth-order valence-electron chi connectivity index (χ4n) is 16.0. The first kappa shape index (κ1) is 86.6. The van der Waals surface area contributed by atoms with E-state index in [1.807, 2.05) is 23.0 Å². The number of halogens is 4. The lowest BCUT2D eigenvalue weighted by atomic mass is 9.90. The van der Waals surface area contributed by atoms with Crippen molar-refractivity contribution in [3.63, 3.8) is 0 Å². The van der Waals surface area contributed by atoms with Crippen molar-refractivity contribution in [1.82, 2.24) is 34.3 Å². The molecule has 4 aliphatic heterocycles. The number of aryl methyl sites for hydroxylation is 4. The van der Waals surface area contributed by atoms with Gasteiger partial charge in [0, 0.05) is 122 Å². The Labute approximate surface area is 651 Å². The number of benzene rings is 2. The van der Waals surface area contributed by atoms with Crippen LogP contribution in [0, 0.1) is 25.5 Å². The fraction of sp³-hybridized carbons (Fsp3) is 0.714. The predicted molar refractivity (Wildman–Crippen MR) is 418 cm³/mol. The van der Waals surface area contributed by atoms with Crippen LogP contribution in [-0.4, -0.2) is 101 Å². The Hall–Kier alpha value is -4.68. The highest BCUT2D eigenvalue weighted by molar-refractivity contribution is 14.1. The van der Waals surface area contributed by atoms with E-state index in [4.69, 9.17) is 28.5 Å². The lowest BCUT2D eigenvalue weighted by Gasteiger charge is -2.42. The van der Waals surface area contributed by atoms with Gasteiger partial charge in [0.15, 0.2) is 11.2 Å². The lowest BCUT2D eigenvalue weighted by molar-refractivity contribution is -0.948. The van der Waals surface area contributed by atoms with Crippen LogP contribution in [0.25, 0.3) is 21.9 Å². The summed E-state index contributed by atoms with van der Waals surface area (Å²) >= 11 is 2.06. The summed E-state index contributed by atoms with van der Waals surface area (Å²) in [7, 11) is 0. The van der Waals surface area contributed by atoms with Crippen molar-refractivity contribution in [3.8, 4) is 0 Å². The van der Waals surface area contributed by atoms with E-state index in [2.05, 4.69) is 51.7 Å². The Morgan fingerprint density at radius 2 is 0.904 bits per heavy atom. The first-order valence-electron chi connectivity index (χ1n) is 41.0. The molecule has 2 aromatic carbocycles. The van der Waals surface area contributed by atoms with E-state index in [0.29, 0.717) is 58.7 Å². The number of fused-ring (bicyclic) bond motifs is 4. The summed E-state index contributed by atoms with van der Waals surface area (Å²) in [5.41, 5.74) is 6.44. The van der Waals surface area contributed by atoms with Gasteiger partial charge < -0.3 is 47.4 Å². The molecule has 4 aliphatic rings. The molecule has 4 aromatic heterocycles. The number of nitrogens with zero attached hydrogens (tertiary/aromatic N) is 8. The number of alkyl halides is 1. The zero-order valence-electron chi connectivity index (χ0n) is 64.2. The molecule has 0 bridgehead atoms. The normalized spacial score (nSPS) is 16.8. The molecule has 20 heteroatoms. The average Bonchev–Trinajstić information content (AvgIpc) is 1.68. The number of hydrogen-bond donors (Lipinski definition) is 0. The second-order valence-electron chi connectivity index (χ2n) is 30.5. The van der Waals surface area contributed by atoms with E-state index in [0.717, 1.165) is 192 Å². The van der Waals surface area contributed by atoms with Gasteiger partial charge in [-0.1, -0.05) is 204 Å². The molecule has 104 heavy (non-hydrogen) atoms. The maximum Gasteiger partial charge on any atom is 0.310 e. The van der Waals surface area contributed by atoms with E-state index in [1.165, 1.54) is 198 Å². The van der Waals surface area contributed by atoms with Crippen LogP contribution in [0.4, 0.5) is 8.78 Å². The molecule has 16 nitrogen and oxygen atoms in total. The summed E-state index contributed by atoms with van der Waals surface area (Å²) in [6, 6.07) is 9.23. The van der Waals surface area contributed by atoms with E-state index < -0.39 is 0 Å². The van der Waals surface area contributed by atoms with E-state index in [9.17, 15) is 28.0 Å². The van der Waals surface area contributed by atoms with Crippen LogP contribution in [-0.2, 0) is 57.8 Å². The first-order chi connectivity index (χ1) is 50.3. The Morgan fingerprint density at radius 1 is 0.519 bits per heavy atom. The first-order valence-corrected chi connectivity index (χ1v) is 42.6. The van der Waals surface area contributed by atoms with Crippen LogP contribution in [0.1, 0.15) is 328 Å². The number of unbranched alkanes of at least 4 members (excludes halogenated alkanes) is 28. The van der Waals surface area contributed by atoms with Gasteiger partial charge in [0.25, 0.3) is 11.1 Å². The van der Waals surface area contributed by atoms with Gasteiger partial charge in [-0.05, 0) is 132 Å². The molecular formula is C84H128F2I2N8O8. The second-order valence-corrected chi connectivity index (χ2v) is 31.1. The number of likely N-dealkylation sites (tertiary alicyclic amines) is 2. The molecule has 580 valence electrons. The number of ether oxygens (including phenoxy) is 2. The molecule has 0 saturated carbocycles. The second kappa shape index (κ2) is 48.7. The highest BCUT2D eigenvalue weighted by Gasteiger charge is 2.38. The van der Waals surface area contributed by atoms with E-state index in [-0.39, 0.29) is 64.6 Å². The van der Waals surface area contributed by atoms with Gasteiger partial charge in [0.2, 0.25) is 6.73 Å². The molecule has 0 spiro atoms. The van der Waals surface area contributed by atoms with Crippen molar-refractivity contribution >= 4 is 56.5 Å². The average molecular weight is 1670 g/mol. The number of piperidine rings is 2. The lowest BCUT2D eigenvalue weighted by Crippen LogP contribution is -3.00. The van der Waals surface area contributed by atoms with Crippen LogP contribution in [0.5, 0.6) is 0 Å². The highest BCUT2D eigenvalue weighted by Crippen LogP contribution is 2.37. The van der Waals surface area contributed by atoms with Gasteiger partial charge in [-0.3, -0.25) is 32.8 Å². The van der Waals surface area contributed by atoms with Gasteiger partial charge >= 0.3 is 11.9 Å². The Kier molecular flexibility index (Phi) is 40.5. The van der Waals surface area contributed by atoms with E-state index in [1.54, 1.807) is 12.1 Å². The monoisotopic (exact) mass is 1670 g/mol. The third-order valence-corrected chi connectivity index (χ3v) is 22.9. The SMILES string of the molecule is CCCCCCCCCCCCCCCCCC(=O)OCI.CCCCCCCCCCCCCCCCCC(=O)OC[N+]1(CCc2c(C)nc3n(c2=O)CCCC3)CCC(c2noc3cc(F)ccc23)CC1.Cc1nc2n(c(=O)c1CCN1CCC(c3noc4cc(F)ccc34)CC1)CCCC2.[I-]. The topological polar surface area (TPSA) is 178 Å². The Bertz CT molecular complexity index is 3580. The fourth-order valence-corrected chi connectivity index (χ4v) is 16.4. The minimum atomic E-state index is -0.335. The van der Waals surface area contributed by atoms with Crippen molar-refractivity contribution in [2.45, 2.75) is 335 Å². The van der Waals surface area contributed by atoms with Crippen LogP contribution in [0.15, 0.2) is 55.0 Å². The van der Waals surface area contributed by atoms with Crippen molar-refractivity contribution in [1.29, 1.82) is 0 Å². The molecule has 2 saturated heterocycles. The van der Waals surface area contributed by atoms with Crippen molar-refractivity contribution in [3.05, 3.63) is 114 Å². The molecule has 0 N–H and O–H groups in total. The number of esters is 2. The largest absolute Gasteiger partial charge is 1.00 e. The third-order valence-electron chi connectivity index (χ3n) is 22.5. The Morgan fingerprint density at radius 3 is 1.32 bits per heavy atom. The van der Waals surface area contributed by atoms with Crippen molar-refractivity contribution in [2.75, 3.05) is 50.6 Å². The maximum atomic E-state index is 13.8. The smallest absolute Gasteiger partial charge is 0.310 e. The van der Waals surface area contributed by atoms with Crippen molar-refractivity contribution < 1.29 is 65.3 Å². The zero-order chi connectivity index (χ0) is 72.9. The number of quaternary nitrogens is 1. The molecule has 0 radical (unpaired) electrons. The van der Waals surface area contributed by atoms with Gasteiger partial charge in [0.1, 0.15) is 27.9 Å². The molecule has 2 fully saturated rings. The Balaban J connectivity index is 0.000000241. The minimum absolute atomic E-state index is 0. The summed E-state index contributed by atoms with van der Waals surface area (Å²) < 4.78 is 53.8. The summed E-state index contributed by atoms with van der Waals surface area (Å²) in [6.45, 7) is 15.4. The molecule has 0 atom stereocenters. The van der Waals surface area contributed by atoms with Crippen LogP contribution in [0.3, 0.4) is 0 Å². The van der Waals surface area contributed by atoms with Gasteiger partial charge in [0.05, 0.1) is 31.0 Å². The minimum Gasteiger partial charge on any atom is -1.00 e. The molecule has 6 aromatic rings. The summed E-state index contributed by atoms with van der Waals surface area (Å²) in [4.78, 5) is 62.6. The standard InChI is InChI=1S/C42H64FN4O4.C23H27FN4O2.C19H37IO2.HI/c1-3-4-5-6-7-8-9-10-11-12-13-14-15-16-17-21-40(48)50-32-47(30-26-36-33(2)44-39-20-18-19-27-46(39)42(36)49)28-24-34(25-29-47)41-37-23-22-35(43)31-38(37)51-45-41;1-15-18(23(29)28-10-3-2-4-21(28)25-15)9-13-27-11-7-16(8-12-27)22-19-6-5-17(24)14-20(19)30-26-22;1-2-3-4-5-6-7-8-9-10-11-12-13-14-15-16-17-19(21)22-18-20;/h22-23,31,34H,3-21,24-30,32H2,1-2H3;5-6,14,16H,2-4,7-13H2,1H3;2-18H2,1H3;1H/q+1;;;/p-1. The van der Waals surface area contributed by atoms with Gasteiger partial charge in [-0.25, -0.2) is 18.7 Å². The van der Waals surface area contributed by atoms with Crippen LogP contribution < -0.4 is 35.1 Å². The highest BCUT2D eigenvalue weighted by atomic mass is 127. The van der Waals surface area contributed by atoms with Gasteiger partial charge in [-0.15, -0.1) is 0 Å². The maximum absolute atomic E-state index is 13.8. The molecule has 8 heterocycles. The van der Waals surface area contributed by atoms with Gasteiger partial charge in [-0.2, -0.15) is 0 Å². The third kappa shape index (κ3) is 28.7.